The van der Waals surface area contributed by atoms with Gasteiger partial charge in [0.25, 0.3) is 0 Å². The fraction of sp³-hybridized carbons (Fsp3) is 0.529. The second-order valence-corrected chi connectivity index (χ2v) is 12.9. The molecule has 240 valence electrons. The van der Waals surface area contributed by atoms with Crippen LogP contribution in [-0.2, 0) is 23.8 Å². The molecule has 1 aliphatic carbocycles. The maximum atomic E-state index is 13.1. The fourth-order valence-electron chi connectivity index (χ4n) is 4.99. The van der Waals surface area contributed by atoms with E-state index in [1.54, 1.807) is 41.5 Å². The summed E-state index contributed by atoms with van der Waals surface area (Å²) >= 11 is 0. The van der Waals surface area contributed by atoms with Gasteiger partial charge in [0.15, 0.2) is 0 Å². The summed E-state index contributed by atoms with van der Waals surface area (Å²) in [4.78, 5) is 49.9. The van der Waals surface area contributed by atoms with Crippen LogP contribution in [0, 0.1) is 0 Å². The van der Waals surface area contributed by atoms with Crippen LogP contribution in [0.4, 0.5) is 9.59 Å². The molecule has 3 amide bonds. The lowest BCUT2D eigenvalue weighted by molar-refractivity contribution is -0.155. The maximum Gasteiger partial charge on any atom is 0.407 e. The second kappa shape index (κ2) is 15.6. The zero-order chi connectivity index (χ0) is 32.3. The van der Waals surface area contributed by atoms with Crippen molar-refractivity contribution in [1.82, 2.24) is 16.0 Å². The number of rotatable bonds is 13. The van der Waals surface area contributed by atoms with Gasteiger partial charge >= 0.3 is 18.2 Å². The molecule has 0 heterocycles. The number of amides is 3. The van der Waals surface area contributed by atoms with Crippen LogP contribution in [0.1, 0.15) is 90.7 Å². The zero-order valence-corrected chi connectivity index (χ0v) is 26.8. The predicted molar refractivity (Wildman–Crippen MR) is 168 cm³/mol. The summed E-state index contributed by atoms with van der Waals surface area (Å²) in [7, 11) is 0. The Balaban J connectivity index is 1.54. The Morgan fingerprint density at radius 3 is 1.89 bits per heavy atom. The van der Waals surface area contributed by atoms with Crippen LogP contribution in [0.2, 0.25) is 0 Å². The highest BCUT2D eigenvalue weighted by atomic mass is 16.6. The molecule has 0 unspecified atom stereocenters. The highest BCUT2D eigenvalue weighted by molar-refractivity contribution is 5.85. The minimum atomic E-state index is -0.853. The summed E-state index contributed by atoms with van der Waals surface area (Å²) in [6.45, 7) is 11.5. The first-order valence-corrected chi connectivity index (χ1v) is 15.3. The molecule has 1 aliphatic rings. The highest BCUT2D eigenvalue weighted by Gasteiger charge is 2.30. The lowest BCUT2D eigenvalue weighted by Gasteiger charge is -2.21. The molecule has 0 aliphatic heterocycles. The number of esters is 1. The summed E-state index contributed by atoms with van der Waals surface area (Å²) in [6.07, 6.45) is 0.833. The van der Waals surface area contributed by atoms with Crippen molar-refractivity contribution in [3.8, 4) is 11.1 Å². The van der Waals surface area contributed by atoms with Gasteiger partial charge in [-0.25, -0.2) is 9.59 Å². The molecule has 2 aromatic carbocycles. The van der Waals surface area contributed by atoms with Gasteiger partial charge in [0, 0.05) is 25.4 Å². The molecule has 0 bridgehead atoms. The van der Waals surface area contributed by atoms with E-state index in [0.717, 1.165) is 22.3 Å². The quantitative estimate of drug-likeness (QED) is 0.148. The zero-order valence-electron chi connectivity index (χ0n) is 26.8. The van der Waals surface area contributed by atoms with Crippen LogP contribution in [0.15, 0.2) is 48.5 Å². The van der Waals surface area contributed by atoms with Crippen molar-refractivity contribution < 1.29 is 33.4 Å². The van der Waals surface area contributed by atoms with E-state index in [1.807, 2.05) is 36.4 Å². The third-order valence-electron chi connectivity index (χ3n) is 6.82. The summed E-state index contributed by atoms with van der Waals surface area (Å²) in [5, 5.41) is 8.23. The number of carbonyl (C=O) groups is 4. The van der Waals surface area contributed by atoms with E-state index in [0.29, 0.717) is 32.2 Å². The normalized spacial score (nSPS) is 13.2. The Morgan fingerprint density at radius 2 is 1.30 bits per heavy atom. The van der Waals surface area contributed by atoms with E-state index in [9.17, 15) is 19.2 Å². The third kappa shape index (κ3) is 11.2. The van der Waals surface area contributed by atoms with Crippen LogP contribution in [0.5, 0.6) is 0 Å². The van der Waals surface area contributed by atoms with Crippen LogP contribution in [0.25, 0.3) is 11.1 Å². The SMILES string of the molecule is CC(C)(C)OC(=O)CCCNC(=O)[C@H](CCCCNC(=O)OC(C)(C)C)NC(=O)OCC1c2ccccc2-c2ccccc21. The molecule has 0 saturated heterocycles. The van der Waals surface area contributed by atoms with Crippen LogP contribution in [0.3, 0.4) is 0 Å². The van der Waals surface area contributed by atoms with Gasteiger partial charge in [0.1, 0.15) is 23.9 Å². The summed E-state index contributed by atoms with van der Waals surface area (Å²) in [5.74, 6) is -0.812. The summed E-state index contributed by atoms with van der Waals surface area (Å²) in [6, 6.07) is 15.3. The number of ether oxygens (including phenoxy) is 3. The second-order valence-electron chi connectivity index (χ2n) is 12.9. The van der Waals surface area contributed by atoms with Crippen LogP contribution in [-0.4, -0.2) is 61.0 Å². The highest BCUT2D eigenvalue weighted by Crippen LogP contribution is 2.44. The molecule has 3 N–H and O–H groups in total. The average Bonchev–Trinajstić information content (AvgIpc) is 3.25. The lowest BCUT2D eigenvalue weighted by atomic mass is 9.98. The van der Waals surface area contributed by atoms with E-state index in [4.69, 9.17) is 14.2 Å². The average molecular weight is 610 g/mol. The largest absolute Gasteiger partial charge is 0.460 e. The molecule has 0 radical (unpaired) electrons. The number of alkyl carbamates (subject to hydrolysis) is 2. The first-order chi connectivity index (χ1) is 20.7. The molecule has 2 aromatic rings. The molecular formula is C34H47N3O7. The number of unbranched alkanes of at least 4 members (excludes halogenated alkanes) is 1. The minimum absolute atomic E-state index is 0.104. The van der Waals surface area contributed by atoms with Crippen molar-refractivity contribution in [2.45, 2.75) is 96.8 Å². The lowest BCUT2D eigenvalue weighted by Crippen LogP contribution is -2.47. The molecule has 0 spiro atoms. The number of nitrogens with one attached hydrogen (secondary N) is 3. The summed E-state index contributed by atoms with van der Waals surface area (Å²) < 4.78 is 16.2. The molecule has 44 heavy (non-hydrogen) atoms. The maximum absolute atomic E-state index is 13.1. The Labute approximate surface area is 260 Å². The summed E-state index contributed by atoms with van der Waals surface area (Å²) in [5.41, 5.74) is 3.28. The van der Waals surface area contributed by atoms with Gasteiger partial charge in [-0.3, -0.25) is 9.59 Å². The molecular weight excluding hydrogens is 562 g/mol. The van der Waals surface area contributed by atoms with Gasteiger partial charge in [-0.15, -0.1) is 0 Å². The minimum Gasteiger partial charge on any atom is -0.460 e. The van der Waals surface area contributed by atoms with E-state index in [2.05, 4.69) is 28.1 Å². The van der Waals surface area contributed by atoms with Gasteiger partial charge in [-0.1, -0.05) is 48.5 Å². The van der Waals surface area contributed by atoms with Crippen molar-refractivity contribution in [3.05, 3.63) is 59.7 Å². The van der Waals surface area contributed by atoms with E-state index in [1.165, 1.54) is 0 Å². The first kappa shape index (κ1) is 34.4. The van der Waals surface area contributed by atoms with Crippen molar-refractivity contribution >= 4 is 24.1 Å². The molecule has 10 nitrogen and oxygen atoms in total. The Bertz CT molecular complexity index is 1250. The predicted octanol–water partition coefficient (Wildman–Crippen LogP) is 5.83. The van der Waals surface area contributed by atoms with Gasteiger partial charge in [-0.2, -0.15) is 0 Å². The Morgan fingerprint density at radius 1 is 0.727 bits per heavy atom. The molecule has 3 rings (SSSR count). The number of carbonyl (C=O) groups excluding carboxylic acids is 4. The number of benzene rings is 2. The molecule has 0 saturated carbocycles. The van der Waals surface area contributed by atoms with E-state index < -0.39 is 29.4 Å². The van der Waals surface area contributed by atoms with Gasteiger partial charge in [0.05, 0.1) is 0 Å². The first-order valence-electron chi connectivity index (χ1n) is 15.3. The van der Waals surface area contributed by atoms with Crippen molar-refractivity contribution in [3.63, 3.8) is 0 Å². The smallest absolute Gasteiger partial charge is 0.407 e. The number of hydrogen-bond acceptors (Lipinski definition) is 7. The van der Waals surface area contributed by atoms with E-state index >= 15 is 0 Å². The van der Waals surface area contributed by atoms with Crippen molar-refractivity contribution in [2.75, 3.05) is 19.7 Å². The Kier molecular flexibility index (Phi) is 12.2. The van der Waals surface area contributed by atoms with Gasteiger partial charge in [-0.05, 0) is 89.5 Å². The van der Waals surface area contributed by atoms with Crippen LogP contribution < -0.4 is 16.0 Å². The Hall–Kier alpha value is -4.08. The van der Waals surface area contributed by atoms with E-state index in [-0.39, 0.29) is 37.4 Å². The van der Waals surface area contributed by atoms with Crippen LogP contribution >= 0.6 is 0 Å². The number of fused-ring (bicyclic) bond motifs is 3. The monoisotopic (exact) mass is 609 g/mol. The number of hydrogen-bond donors (Lipinski definition) is 3. The van der Waals surface area contributed by atoms with Crippen molar-refractivity contribution in [1.29, 1.82) is 0 Å². The topological polar surface area (TPSA) is 132 Å². The fourth-order valence-corrected chi connectivity index (χ4v) is 4.99. The van der Waals surface area contributed by atoms with Crippen molar-refractivity contribution in [2.24, 2.45) is 0 Å². The molecule has 0 fully saturated rings. The van der Waals surface area contributed by atoms with Gasteiger partial charge < -0.3 is 30.2 Å². The van der Waals surface area contributed by atoms with Gasteiger partial charge in [0.2, 0.25) is 5.91 Å². The third-order valence-corrected chi connectivity index (χ3v) is 6.82. The molecule has 10 heteroatoms. The molecule has 0 aromatic heterocycles. The standard InChI is InChI=1S/C34H47N3O7/c1-33(2,3)43-29(38)19-13-21-35-30(39)28(18-11-12-20-36-31(40)44-34(4,5)6)37-32(41)42-22-27-25-16-9-7-14-23(25)24-15-8-10-17-26(24)27/h7-10,14-17,27-28H,11-13,18-22H2,1-6H3,(H,35,39)(H,36,40)(H,37,41)/t28-/m0/s1. The molecule has 1 atom stereocenters.